The lowest BCUT2D eigenvalue weighted by Gasteiger charge is -2.23. The predicted octanol–water partition coefficient (Wildman–Crippen LogP) is 7.64. The molecular formula is C30H31BrN2O2. The first-order valence-electron chi connectivity index (χ1n) is 12.0. The Kier molecular flexibility index (Phi) is 6.14. The monoisotopic (exact) mass is 530 g/mol. The number of rotatable bonds is 6. The van der Waals surface area contributed by atoms with Crippen molar-refractivity contribution in [3.05, 3.63) is 93.2 Å². The number of hydrogen-bond acceptors (Lipinski definition) is 2. The molecule has 5 heteroatoms. The van der Waals surface area contributed by atoms with Crippen molar-refractivity contribution in [3.8, 4) is 11.5 Å². The van der Waals surface area contributed by atoms with E-state index in [2.05, 4.69) is 114 Å². The van der Waals surface area contributed by atoms with Crippen LogP contribution in [0.1, 0.15) is 40.9 Å². The zero-order valence-electron chi connectivity index (χ0n) is 21.1. The number of aromatic nitrogens is 2. The fourth-order valence-electron chi connectivity index (χ4n) is 5.50. The Bertz CT molecular complexity index is 1470. The van der Waals surface area contributed by atoms with E-state index in [-0.39, 0.29) is 5.92 Å². The van der Waals surface area contributed by atoms with Gasteiger partial charge in [-0.15, -0.1) is 0 Å². The SMILES string of the molecule is CCOc1c(Br)cc(C(c2c(C)n(C)c3ccccc23)c2c(C)n(C)c3ccccc23)cc1OC. The van der Waals surface area contributed by atoms with Crippen molar-refractivity contribution in [2.24, 2.45) is 14.1 Å². The predicted molar refractivity (Wildman–Crippen MR) is 148 cm³/mol. The van der Waals surface area contributed by atoms with Crippen molar-refractivity contribution in [2.75, 3.05) is 13.7 Å². The lowest BCUT2D eigenvalue weighted by Crippen LogP contribution is -2.09. The summed E-state index contributed by atoms with van der Waals surface area (Å²) in [5.74, 6) is 1.48. The third-order valence-corrected chi connectivity index (χ3v) is 7.94. The molecule has 4 nitrogen and oxygen atoms in total. The molecule has 0 saturated heterocycles. The highest BCUT2D eigenvalue weighted by Crippen LogP contribution is 2.47. The summed E-state index contributed by atoms with van der Waals surface area (Å²) in [7, 11) is 6.02. The molecule has 0 saturated carbocycles. The molecule has 0 N–H and O–H groups in total. The number of para-hydroxylation sites is 2. The molecule has 0 spiro atoms. The number of halogens is 1. The summed E-state index contributed by atoms with van der Waals surface area (Å²) in [6.45, 7) is 7.01. The van der Waals surface area contributed by atoms with Crippen LogP contribution in [0.15, 0.2) is 65.1 Å². The van der Waals surface area contributed by atoms with Gasteiger partial charge in [-0.1, -0.05) is 36.4 Å². The first-order chi connectivity index (χ1) is 16.9. The maximum absolute atomic E-state index is 5.92. The van der Waals surface area contributed by atoms with Gasteiger partial charge in [0.1, 0.15) is 0 Å². The molecule has 0 aliphatic rings. The Balaban J connectivity index is 1.91. The first kappa shape index (κ1) is 23.6. The topological polar surface area (TPSA) is 28.3 Å². The van der Waals surface area contributed by atoms with Gasteiger partial charge in [0.15, 0.2) is 11.5 Å². The number of benzene rings is 3. The number of aryl methyl sites for hydroxylation is 2. The molecular weight excluding hydrogens is 500 g/mol. The van der Waals surface area contributed by atoms with Crippen molar-refractivity contribution in [3.63, 3.8) is 0 Å². The summed E-state index contributed by atoms with van der Waals surface area (Å²) in [4.78, 5) is 0. The fourth-order valence-corrected chi connectivity index (χ4v) is 6.07. The van der Waals surface area contributed by atoms with Crippen LogP contribution in [0.5, 0.6) is 11.5 Å². The number of nitrogens with zero attached hydrogens (tertiary/aromatic N) is 2. The van der Waals surface area contributed by atoms with Gasteiger partial charge in [0.25, 0.3) is 0 Å². The summed E-state index contributed by atoms with van der Waals surface area (Å²) in [6, 6.07) is 21.7. The quantitative estimate of drug-likeness (QED) is 0.225. The Labute approximate surface area is 215 Å². The molecule has 2 aromatic heterocycles. The van der Waals surface area contributed by atoms with Crippen LogP contribution in [-0.2, 0) is 14.1 Å². The largest absolute Gasteiger partial charge is 0.493 e. The highest BCUT2D eigenvalue weighted by Gasteiger charge is 2.30. The smallest absolute Gasteiger partial charge is 0.175 e. The molecule has 35 heavy (non-hydrogen) atoms. The second kappa shape index (κ2) is 9.12. The molecule has 3 aromatic carbocycles. The van der Waals surface area contributed by atoms with Gasteiger partial charge in [-0.2, -0.15) is 0 Å². The van der Waals surface area contributed by atoms with E-state index < -0.39 is 0 Å². The number of methoxy groups -OCH3 is 1. The third kappa shape index (κ3) is 3.64. The number of fused-ring (bicyclic) bond motifs is 2. The second-order valence-electron chi connectivity index (χ2n) is 9.05. The van der Waals surface area contributed by atoms with Crippen molar-refractivity contribution in [1.29, 1.82) is 0 Å². The Morgan fingerprint density at radius 2 is 1.34 bits per heavy atom. The number of hydrogen-bond donors (Lipinski definition) is 0. The summed E-state index contributed by atoms with van der Waals surface area (Å²) in [6.07, 6.45) is 0. The van der Waals surface area contributed by atoms with Crippen LogP contribution < -0.4 is 9.47 Å². The minimum atomic E-state index is 0.00748. The average molecular weight is 531 g/mol. The summed E-state index contributed by atoms with van der Waals surface area (Å²) >= 11 is 3.78. The molecule has 0 atom stereocenters. The first-order valence-corrected chi connectivity index (χ1v) is 12.8. The van der Waals surface area contributed by atoms with Gasteiger partial charge >= 0.3 is 0 Å². The van der Waals surface area contributed by atoms with Gasteiger partial charge in [-0.25, -0.2) is 0 Å². The van der Waals surface area contributed by atoms with Crippen LogP contribution in [0.3, 0.4) is 0 Å². The van der Waals surface area contributed by atoms with Crippen molar-refractivity contribution < 1.29 is 9.47 Å². The second-order valence-corrected chi connectivity index (χ2v) is 9.90. The van der Waals surface area contributed by atoms with E-state index in [4.69, 9.17) is 9.47 Å². The van der Waals surface area contributed by atoms with E-state index in [0.717, 1.165) is 21.5 Å². The zero-order valence-corrected chi connectivity index (χ0v) is 22.7. The average Bonchev–Trinajstić information content (AvgIpc) is 3.27. The highest BCUT2D eigenvalue weighted by atomic mass is 79.9. The minimum Gasteiger partial charge on any atom is -0.493 e. The van der Waals surface area contributed by atoms with Crippen LogP contribution in [0.4, 0.5) is 0 Å². The fraction of sp³-hybridized carbons (Fsp3) is 0.267. The van der Waals surface area contributed by atoms with Crippen molar-refractivity contribution in [1.82, 2.24) is 9.13 Å². The Hall–Kier alpha value is -3.18. The van der Waals surface area contributed by atoms with Crippen LogP contribution in [0, 0.1) is 13.8 Å². The molecule has 5 aromatic rings. The summed E-state index contributed by atoms with van der Waals surface area (Å²) in [5, 5.41) is 2.54. The number of ether oxygens (including phenoxy) is 2. The van der Waals surface area contributed by atoms with E-state index in [1.165, 1.54) is 44.3 Å². The molecule has 0 amide bonds. The van der Waals surface area contributed by atoms with Gasteiger partial charge in [0.2, 0.25) is 0 Å². The maximum atomic E-state index is 5.92. The van der Waals surface area contributed by atoms with E-state index in [9.17, 15) is 0 Å². The standard InChI is InChI=1S/C30H31BrN2O2/c1-7-35-30-23(31)16-20(17-26(30)34-6)29(27-18(2)32(4)24-14-10-8-12-21(24)27)28-19(3)33(5)25-15-11-9-13-22(25)28/h8-17,29H,7H2,1-6H3. The zero-order chi connectivity index (χ0) is 24.9. The van der Waals surface area contributed by atoms with E-state index in [1.807, 2.05) is 6.92 Å². The van der Waals surface area contributed by atoms with Crippen LogP contribution >= 0.6 is 15.9 Å². The van der Waals surface area contributed by atoms with Gasteiger partial charge in [-0.3, -0.25) is 0 Å². The molecule has 0 unspecified atom stereocenters. The third-order valence-electron chi connectivity index (χ3n) is 7.35. The minimum absolute atomic E-state index is 0.00748. The van der Waals surface area contributed by atoms with Crippen molar-refractivity contribution >= 4 is 37.7 Å². The van der Waals surface area contributed by atoms with Crippen LogP contribution in [0.2, 0.25) is 0 Å². The summed E-state index contributed by atoms with van der Waals surface area (Å²) < 4.78 is 17.2. The lowest BCUT2D eigenvalue weighted by molar-refractivity contribution is 0.308. The van der Waals surface area contributed by atoms with Gasteiger partial charge in [0.05, 0.1) is 18.2 Å². The molecule has 0 aliphatic carbocycles. The normalized spacial score (nSPS) is 11.7. The van der Waals surface area contributed by atoms with Crippen LogP contribution in [0.25, 0.3) is 21.8 Å². The van der Waals surface area contributed by atoms with Crippen LogP contribution in [-0.4, -0.2) is 22.9 Å². The Morgan fingerprint density at radius 3 is 1.83 bits per heavy atom. The van der Waals surface area contributed by atoms with Gasteiger partial charge in [-0.05, 0) is 77.7 Å². The molecule has 0 fully saturated rings. The molecule has 2 heterocycles. The van der Waals surface area contributed by atoms with E-state index >= 15 is 0 Å². The maximum Gasteiger partial charge on any atom is 0.175 e. The Morgan fingerprint density at radius 1 is 0.829 bits per heavy atom. The van der Waals surface area contributed by atoms with Gasteiger partial charge in [0, 0.05) is 53.2 Å². The highest BCUT2D eigenvalue weighted by molar-refractivity contribution is 9.10. The molecule has 0 aliphatic heterocycles. The summed E-state index contributed by atoms with van der Waals surface area (Å²) in [5.41, 5.74) is 8.79. The lowest BCUT2D eigenvalue weighted by atomic mass is 9.82. The van der Waals surface area contributed by atoms with E-state index in [0.29, 0.717) is 6.61 Å². The van der Waals surface area contributed by atoms with Crippen molar-refractivity contribution in [2.45, 2.75) is 26.7 Å². The van der Waals surface area contributed by atoms with Gasteiger partial charge < -0.3 is 18.6 Å². The molecule has 0 bridgehead atoms. The molecule has 0 radical (unpaired) electrons. The van der Waals surface area contributed by atoms with E-state index in [1.54, 1.807) is 7.11 Å². The molecule has 180 valence electrons. The molecule has 5 rings (SSSR count).